The Bertz CT molecular complexity index is 314. The van der Waals surface area contributed by atoms with Crippen LogP contribution in [0.1, 0.15) is 57.8 Å². The number of aliphatic hydroxyl groups excluding tert-OH is 1. The van der Waals surface area contributed by atoms with Crippen LogP contribution in [0.2, 0.25) is 6.04 Å². The van der Waals surface area contributed by atoms with Gasteiger partial charge in [0.15, 0.2) is 0 Å². The molecule has 8 nitrogen and oxygen atoms in total. The van der Waals surface area contributed by atoms with Gasteiger partial charge in [0.1, 0.15) is 6.29 Å². The molecule has 0 spiro atoms. The van der Waals surface area contributed by atoms with Crippen molar-refractivity contribution in [2.45, 2.75) is 63.8 Å². The number of carbonyl (C=O) groups excluding carboxylic acids is 1. The molecule has 0 aliphatic rings. The number of methoxy groups -OCH3 is 1. The summed E-state index contributed by atoms with van der Waals surface area (Å²) in [4.78, 5) is 10.1. The number of aliphatic hydroxyl groups is 1. The topological polar surface area (TPSA) is 92.7 Å². The lowest BCUT2D eigenvalue weighted by Crippen LogP contribution is -2.42. The molecule has 0 fully saturated rings. The van der Waals surface area contributed by atoms with Crippen LogP contribution in [0.25, 0.3) is 0 Å². The molecule has 0 heterocycles. The van der Waals surface area contributed by atoms with Crippen molar-refractivity contribution in [2.24, 2.45) is 0 Å². The first-order valence-corrected chi connectivity index (χ1v) is 12.9. The molecule has 0 aromatic heterocycles. The monoisotopic (exact) mass is 454 g/mol. The summed E-state index contributed by atoms with van der Waals surface area (Å²) in [6.45, 7) is 2.75. The van der Waals surface area contributed by atoms with E-state index in [0.717, 1.165) is 31.6 Å². The quantitative estimate of drug-likeness (QED) is 0.151. The molecule has 0 aromatic rings. The van der Waals surface area contributed by atoms with Gasteiger partial charge in [0.05, 0.1) is 39.6 Å². The molecule has 0 unspecified atom stereocenters. The summed E-state index contributed by atoms with van der Waals surface area (Å²) in [5, 5.41) is 8.32. The van der Waals surface area contributed by atoms with E-state index >= 15 is 0 Å². The van der Waals surface area contributed by atoms with Gasteiger partial charge in [0, 0.05) is 40.9 Å². The van der Waals surface area contributed by atoms with Gasteiger partial charge in [-0.3, -0.25) is 0 Å². The van der Waals surface area contributed by atoms with Crippen LogP contribution in [0.3, 0.4) is 0 Å². The van der Waals surface area contributed by atoms with E-state index in [1.54, 1.807) is 28.4 Å². The van der Waals surface area contributed by atoms with E-state index in [9.17, 15) is 4.79 Å². The van der Waals surface area contributed by atoms with Crippen LogP contribution in [-0.2, 0) is 32.3 Å². The second kappa shape index (κ2) is 26.6. The Balaban J connectivity index is 0. The first kappa shape index (κ1) is 31.8. The third kappa shape index (κ3) is 22.3. The summed E-state index contributed by atoms with van der Waals surface area (Å²) in [5.41, 5.74) is 0. The van der Waals surface area contributed by atoms with Gasteiger partial charge < -0.3 is 37.4 Å². The molecule has 30 heavy (non-hydrogen) atoms. The molecule has 0 aliphatic carbocycles. The fourth-order valence-electron chi connectivity index (χ4n) is 2.71. The lowest BCUT2D eigenvalue weighted by molar-refractivity contribution is -0.107. The van der Waals surface area contributed by atoms with Crippen molar-refractivity contribution in [2.75, 3.05) is 68.1 Å². The minimum Gasteiger partial charge on any atom is -0.394 e. The first-order chi connectivity index (χ1) is 14.7. The molecule has 0 amide bonds. The molecule has 0 aliphatic heterocycles. The number of ether oxygens (including phenoxy) is 3. The predicted molar refractivity (Wildman–Crippen MR) is 120 cm³/mol. The fourth-order valence-corrected chi connectivity index (χ4v) is 4.51. The van der Waals surface area contributed by atoms with E-state index in [1.807, 2.05) is 0 Å². The standard InChI is InChI=1S/C14H30O4Si.C7H16O4/c1-16-19(17-2,18-3)14-12-10-8-6-4-5-7-9-11-13-15;1-9-4-5-11-7-6-10-3-2-8/h13H,4-12,14H2,1-3H3;8H,2-7H2,1H3. The third-order valence-electron chi connectivity index (χ3n) is 4.53. The molecule has 0 saturated heterocycles. The van der Waals surface area contributed by atoms with Crippen LogP contribution in [0, 0.1) is 0 Å². The molecule has 1 N–H and O–H groups in total. The minimum atomic E-state index is -2.34. The van der Waals surface area contributed by atoms with Gasteiger partial charge in [-0.2, -0.15) is 0 Å². The molecule has 0 atom stereocenters. The highest BCUT2D eigenvalue weighted by molar-refractivity contribution is 6.60. The van der Waals surface area contributed by atoms with Crippen molar-refractivity contribution in [3.8, 4) is 0 Å². The number of rotatable bonds is 22. The van der Waals surface area contributed by atoms with Gasteiger partial charge >= 0.3 is 8.80 Å². The fraction of sp³-hybridized carbons (Fsp3) is 0.952. The van der Waals surface area contributed by atoms with E-state index in [0.29, 0.717) is 33.0 Å². The normalized spacial score (nSPS) is 11.2. The first-order valence-electron chi connectivity index (χ1n) is 11.0. The van der Waals surface area contributed by atoms with E-state index in [-0.39, 0.29) is 6.61 Å². The van der Waals surface area contributed by atoms with E-state index in [2.05, 4.69) is 0 Å². The zero-order valence-electron chi connectivity index (χ0n) is 19.7. The van der Waals surface area contributed by atoms with Crippen molar-refractivity contribution in [3.05, 3.63) is 0 Å². The van der Waals surface area contributed by atoms with Gasteiger partial charge in [0.25, 0.3) is 0 Å². The Kier molecular flexibility index (Phi) is 28.2. The Morgan fingerprint density at radius 3 is 1.60 bits per heavy atom. The number of carbonyl (C=O) groups is 1. The Morgan fingerprint density at radius 1 is 0.667 bits per heavy atom. The molecular formula is C21H46O8Si. The predicted octanol–water partition coefficient (Wildman–Crippen LogP) is 3.23. The number of unbranched alkanes of at least 4 members (excludes halogenated alkanes) is 8. The highest BCUT2D eigenvalue weighted by Gasteiger charge is 2.36. The van der Waals surface area contributed by atoms with E-state index in [1.165, 1.54) is 38.5 Å². The van der Waals surface area contributed by atoms with Gasteiger partial charge in [-0.15, -0.1) is 0 Å². The summed E-state index contributed by atoms with van der Waals surface area (Å²) < 4.78 is 31.0. The van der Waals surface area contributed by atoms with Gasteiger partial charge in [-0.05, 0) is 12.8 Å². The third-order valence-corrected chi connectivity index (χ3v) is 7.36. The average molecular weight is 455 g/mol. The van der Waals surface area contributed by atoms with Crippen LogP contribution < -0.4 is 0 Å². The molecule has 0 aromatic carbocycles. The maximum atomic E-state index is 10.1. The van der Waals surface area contributed by atoms with Crippen molar-refractivity contribution in [1.29, 1.82) is 0 Å². The molecule has 0 bridgehead atoms. The molecule has 9 heteroatoms. The number of hydrogen-bond acceptors (Lipinski definition) is 8. The van der Waals surface area contributed by atoms with Crippen LogP contribution in [0.5, 0.6) is 0 Å². The highest BCUT2D eigenvalue weighted by atomic mass is 28.4. The van der Waals surface area contributed by atoms with E-state index in [4.69, 9.17) is 32.6 Å². The number of hydrogen-bond donors (Lipinski definition) is 1. The molecule has 182 valence electrons. The van der Waals surface area contributed by atoms with Crippen LogP contribution in [0.4, 0.5) is 0 Å². The summed E-state index contributed by atoms with van der Waals surface area (Å²) in [5.74, 6) is 0. The zero-order chi connectivity index (χ0) is 22.8. The van der Waals surface area contributed by atoms with Crippen molar-refractivity contribution >= 4 is 15.1 Å². The lowest BCUT2D eigenvalue weighted by Gasteiger charge is -2.24. The van der Waals surface area contributed by atoms with Gasteiger partial charge in [-0.25, -0.2) is 0 Å². The molecule has 0 radical (unpaired) electrons. The van der Waals surface area contributed by atoms with Crippen molar-refractivity contribution < 1.29 is 37.4 Å². The Hall–Kier alpha value is -0.393. The summed E-state index contributed by atoms with van der Waals surface area (Å²) in [7, 11) is 4.29. The second-order valence-electron chi connectivity index (χ2n) is 6.77. The maximum absolute atomic E-state index is 10.1. The molecular weight excluding hydrogens is 408 g/mol. The maximum Gasteiger partial charge on any atom is 0.500 e. The summed E-state index contributed by atoms with van der Waals surface area (Å²) >= 11 is 0. The largest absolute Gasteiger partial charge is 0.500 e. The zero-order valence-corrected chi connectivity index (χ0v) is 20.7. The smallest absolute Gasteiger partial charge is 0.394 e. The van der Waals surface area contributed by atoms with Gasteiger partial charge in [0.2, 0.25) is 0 Å². The SMILES string of the molecule is COCCOCCOCCO.CO[Si](CCCCCCCCCCC=O)(OC)OC. The number of aldehydes is 1. The van der Waals surface area contributed by atoms with Crippen molar-refractivity contribution in [1.82, 2.24) is 0 Å². The van der Waals surface area contributed by atoms with Gasteiger partial charge in [-0.1, -0.05) is 38.5 Å². The molecule has 0 saturated carbocycles. The average Bonchev–Trinajstić information content (AvgIpc) is 2.78. The second-order valence-corrected chi connectivity index (χ2v) is 9.86. The summed E-state index contributed by atoms with van der Waals surface area (Å²) in [6, 6.07) is 0.899. The lowest BCUT2D eigenvalue weighted by atomic mass is 10.1. The van der Waals surface area contributed by atoms with Crippen LogP contribution in [0.15, 0.2) is 0 Å². The van der Waals surface area contributed by atoms with Crippen LogP contribution >= 0.6 is 0 Å². The minimum absolute atomic E-state index is 0.0675. The van der Waals surface area contributed by atoms with Crippen LogP contribution in [-0.4, -0.2) is 88.3 Å². The highest BCUT2D eigenvalue weighted by Crippen LogP contribution is 2.18. The Morgan fingerprint density at radius 2 is 1.13 bits per heavy atom. The van der Waals surface area contributed by atoms with E-state index < -0.39 is 8.80 Å². The van der Waals surface area contributed by atoms with Crippen molar-refractivity contribution in [3.63, 3.8) is 0 Å². The Labute approximate surface area is 184 Å². The molecule has 0 rings (SSSR count). The summed E-state index contributed by atoms with van der Waals surface area (Å²) in [6.07, 6.45) is 11.3.